The Labute approximate surface area is 229 Å². The summed E-state index contributed by atoms with van der Waals surface area (Å²) in [6.45, 7) is 5.05. The van der Waals surface area contributed by atoms with Crippen LogP contribution in [0.5, 0.6) is 0 Å². The van der Waals surface area contributed by atoms with Crippen molar-refractivity contribution in [3.8, 4) is 11.4 Å². The molecule has 5 rings (SSSR count). The topological polar surface area (TPSA) is 154 Å². The lowest BCUT2D eigenvalue weighted by molar-refractivity contribution is -0.191. The number of aromatic nitrogens is 2. The van der Waals surface area contributed by atoms with Crippen LogP contribution in [-0.4, -0.2) is 44.5 Å². The summed E-state index contributed by atoms with van der Waals surface area (Å²) in [7, 11) is 0. The van der Waals surface area contributed by atoms with Gasteiger partial charge in [0.1, 0.15) is 12.6 Å². The number of cyclic esters (lactones) is 1. The largest absolute Gasteiger partial charge is 0.481 e. The van der Waals surface area contributed by atoms with Crippen LogP contribution in [0.15, 0.2) is 41.2 Å². The van der Waals surface area contributed by atoms with E-state index in [-0.39, 0.29) is 36.1 Å². The Morgan fingerprint density at radius 2 is 1.93 bits per heavy atom. The van der Waals surface area contributed by atoms with E-state index in [4.69, 9.17) is 19.6 Å². The molecule has 2 N–H and O–H groups in total. The van der Waals surface area contributed by atoms with E-state index >= 15 is 0 Å². The van der Waals surface area contributed by atoms with E-state index in [0.29, 0.717) is 17.9 Å². The van der Waals surface area contributed by atoms with Crippen molar-refractivity contribution in [3.63, 3.8) is 0 Å². The van der Waals surface area contributed by atoms with E-state index in [1.807, 2.05) is 30.3 Å². The highest BCUT2D eigenvalue weighted by atomic mass is 16.6. The van der Waals surface area contributed by atoms with Crippen LogP contribution in [0.1, 0.15) is 56.7 Å². The number of ether oxygens (including phenoxy) is 2. The van der Waals surface area contributed by atoms with Crippen LogP contribution in [-0.2, 0) is 47.4 Å². The number of pyridine rings is 2. The van der Waals surface area contributed by atoms with Crippen LogP contribution in [0.4, 0.5) is 0 Å². The molecule has 1 aromatic carbocycles. The highest BCUT2D eigenvalue weighted by Crippen LogP contribution is 2.41. The Morgan fingerprint density at radius 3 is 2.62 bits per heavy atom. The number of fused-ring (bicyclic) bond motifs is 5. The van der Waals surface area contributed by atoms with Crippen molar-refractivity contribution in [2.45, 2.75) is 64.8 Å². The smallest absolute Gasteiger partial charge is 0.355 e. The first-order chi connectivity index (χ1) is 19.1. The zero-order valence-corrected chi connectivity index (χ0v) is 22.4. The molecule has 1 unspecified atom stereocenters. The second kappa shape index (κ2) is 10.2. The molecule has 11 heteroatoms. The van der Waals surface area contributed by atoms with Crippen molar-refractivity contribution in [3.05, 3.63) is 63.4 Å². The summed E-state index contributed by atoms with van der Waals surface area (Å²) in [5.74, 6) is -3.93. The summed E-state index contributed by atoms with van der Waals surface area (Å²) in [4.78, 5) is 68.4. The number of rotatable bonds is 8. The number of carbonyl (C=O) groups excluding carboxylic acids is 3. The van der Waals surface area contributed by atoms with Gasteiger partial charge in [-0.25, -0.2) is 14.6 Å². The minimum atomic E-state index is -1.92. The van der Waals surface area contributed by atoms with Gasteiger partial charge in [-0.05, 0) is 30.5 Å². The number of hydrogen-bond donors (Lipinski definition) is 2. The molecular weight excluding hydrogens is 518 g/mol. The van der Waals surface area contributed by atoms with E-state index in [9.17, 15) is 24.0 Å². The van der Waals surface area contributed by atoms with Crippen LogP contribution in [0.2, 0.25) is 0 Å². The second-order valence-corrected chi connectivity index (χ2v) is 10.4. The highest BCUT2D eigenvalue weighted by molar-refractivity contribution is 5.91. The molecule has 2 aromatic heterocycles. The highest BCUT2D eigenvalue weighted by Gasteiger charge is 2.51. The van der Waals surface area contributed by atoms with E-state index in [1.165, 1.54) is 0 Å². The van der Waals surface area contributed by atoms with E-state index in [1.54, 1.807) is 31.4 Å². The van der Waals surface area contributed by atoms with Gasteiger partial charge in [0.25, 0.3) is 5.56 Å². The fourth-order valence-corrected chi connectivity index (χ4v) is 5.28. The minimum Gasteiger partial charge on any atom is -0.481 e. The van der Waals surface area contributed by atoms with Crippen LogP contribution in [0.3, 0.4) is 0 Å². The number of esters is 2. The van der Waals surface area contributed by atoms with Gasteiger partial charge in [-0.3, -0.25) is 14.4 Å². The Bertz CT molecular complexity index is 1630. The number of amides is 1. The van der Waals surface area contributed by atoms with Crippen LogP contribution >= 0.6 is 0 Å². The Balaban J connectivity index is 1.55. The molecule has 0 radical (unpaired) electrons. The van der Waals surface area contributed by atoms with E-state index in [0.717, 1.165) is 16.5 Å². The summed E-state index contributed by atoms with van der Waals surface area (Å²) < 4.78 is 12.8. The molecule has 0 aliphatic carbocycles. The molecule has 0 fully saturated rings. The van der Waals surface area contributed by atoms with Gasteiger partial charge < -0.3 is 24.5 Å². The van der Waals surface area contributed by atoms with Gasteiger partial charge in [0.15, 0.2) is 0 Å². The summed E-state index contributed by atoms with van der Waals surface area (Å²) in [6.07, 6.45) is -0.743. The van der Waals surface area contributed by atoms with Crippen LogP contribution in [0, 0.1) is 5.92 Å². The van der Waals surface area contributed by atoms with Gasteiger partial charge in [0.2, 0.25) is 11.5 Å². The number of hydrogen-bond acceptors (Lipinski definition) is 8. The zero-order valence-electron chi connectivity index (χ0n) is 22.4. The summed E-state index contributed by atoms with van der Waals surface area (Å²) in [5.41, 5.74) is 0.894. The summed E-state index contributed by atoms with van der Waals surface area (Å²) in [5, 5.41) is 12.3. The molecule has 0 spiro atoms. The predicted octanol–water partition coefficient (Wildman–Crippen LogP) is 2.64. The van der Waals surface area contributed by atoms with Gasteiger partial charge >= 0.3 is 17.9 Å². The van der Waals surface area contributed by atoms with Crippen molar-refractivity contribution >= 4 is 34.7 Å². The molecule has 4 heterocycles. The Hall–Kier alpha value is -4.54. The maximum absolute atomic E-state index is 13.7. The first-order valence-electron chi connectivity index (χ1n) is 13.1. The number of benzene rings is 1. The molecule has 11 nitrogen and oxygen atoms in total. The first-order valence-corrected chi connectivity index (χ1v) is 13.1. The van der Waals surface area contributed by atoms with E-state index in [2.05, 4.69) is 5.32 Å². The number of nitrogens with zero attached hydrogens (tertiary/aromatic N) is 2. The molecule has 2 atom stereocenters. The van der Waals surface area contributed by atoms with Gasteiger partial charge in [0.05, 0.1) is 35.4 Å². The summed E-state index contributed by atoms with van der Waals surface area (Å²) >= 11 is 0. The zero-order chi connectivity index (χ0) is 28.8. The average Bonchev–Trinajstić information content (AvgIpc) is 3.28. The second-order valence-electron chi connectivity index (χ2n) is 10.4. The number of carbonyl (C=O) groups is 4. The average molecular weight is 548 g/mol. The molecule has 3 aromatic rings. The fraction of sp³-hybridized carbons (Fsp3) is 0.379. The van der Waals surface area contributed by atoms with Gasteiger partial charge in [-0.15, -0.1) is 0 Å². The van der Waals surface area contributed by atoms with Gasteiger partial charge in [-0.2, -0.15) is 0 Å². The minimum absolute atomic E-state index is 0.0246. The third kappa shape index (κ3) is 4.51. The number of carboxylic acids is 1. The molecule has 0 bridgehead atoms. The SMILES string of the molecule is CCC1(OC(=O)[C@@H](NC(=O)CCC(=O)O)C(C)C)C(=O)OCc2c1cc1n(c2=O)Cc2cc3ccccc3nc2-1. The van der Waals surface area contributed by atoms with Crippen LogP contribution < -0.4 is 10.9 Å². The maximum Gasteiger partial charge on any atom is 0.355 e. The molecular formula is C29H29N3O8. The fourth-order valence-electron chi connectivity index (χ4n) is 5.28. The van der Waals surface area contributed by atoms with Crippen molar-refractivity contribution in [2.75, 3.05) is 0 Å². The standard InChI is InChI=1S/C29H29N3O8/c1-4-29(40-27(37)24(15(2)3)31-22(33)9-10-23(34)35)19-12-21-25-17(11-16-7-5-6-8-20(16)30-25)13-32(21)26(36)18(19)14-39-28(29)38/h5-8,11-12,15,24H,4,9-10,13-14H2,1-3H3,(H,31,33)(H,34,35)/t24-,29?/m0/s1. The van der Waals surface area contributed by atoms with Gasteiger partial charge in [0, 0.05) is 22.9 Å². The Morgan fingerprint density at radius 1 is 1.18 bits per heavy atom. The molecule has 2 aliphatic heterocycles. The number of nitrogens with one attached hydrogen (secondary N) is 1. The number of para-hydroxylation sites is 1. The third-order valence-corrected chi connectivity index (χ3v) is 7.46. The maximum atomic E-state index is 13.7. The predicted molar refractivity (Wildman–Crippen MR) is 142 cm³/mol. The van der Waals surface area contributed by atoms with Crippen molar-refractivity contribution in [2.24, 2.45) is 5.92 Å². The molecule has 2 aliphatic rings. The molecule has 208 valence electrons. The lowest BCUT2D eigenvalue weighted by atomic mass is 9.85. The summed E-state index contributed by atoms with van der Waals surface area (Å²) in [6, 6.07) is 10.1. The number of aliphatic carboxylic acids is 1. The van der Waals surface area contributed by atoms with Gasteiger partial charge in [-0.1, -0.05) is 39.0 Å². The quantitative estimate of drug-likeness (QED) is 0.317. The van der Waals surface area contributed by atoms with Crippen LogP contribution in [0.25, 0.3) is 22.3 Å². The van der Waals surface area contributed by atoms with Crippen molar-refractivity contribution in [1.82, 2.24) is 14.9 Å². The van der Waals surface area contributed by atoms with E-state index < -0.39 is 47.8 Å². The third-order valence-electron chi connectivity index (χ3n) is 7.46. The lowest BCUT2D eigenvalue weighted by Crippen LogP contribution is -2.52. The normalized spacial score (nSPS) is 17.9. The lowest BCUT2D eigenvalue weighted by Gasteiger charge is -2.37. The monoisotopic (exact) mass is 547 g/mol. The van der Waals surface area contributed by atoms with Crippen molar-refractivity contribution in [1.29, 1.82) is 0 Å². The molecule has 0 saturated heterocycles. The van der Waals surface area contributed by atoms with Crippen molar-refractivity contribution < 1.29 is 33.8 Å². The molecule has 40 heavy (non-hydrogen) atoms. The Kier molecular flexibility index (Phi) is 6.91. The molecule has 1 amide bonds. The number of carboxylic acid groups (broad SMARTS) is 1. The first kappa shape index (κ1) is 27.0. The molecule has 0 saturated carbocycles.